The minimum atomic E-state index is -0.849. The second kappa shape index (κ2) is 3.99. The van der Waals surface area contributed by atoms with E-state index in [4.69, 9.17) is 10.2 Å². The van der Waals surface area contributed by atoms with E-state index in [-0.39, 0.29) is 19.0 Å². The summed E-state index contributed by atoms with van der Waals surface area (Å²) in [6, 6.07) is 0. The molecule has 1 unspecified atom stereocenters. The van der Waals surface area contributed by atoms with Gasteiger partial charge in [-0.3, -0.25) is 4.79 Å². The van der Waals surface area contributed by atoms with Crippen LogP contribution in [0.1, 0.15) is 10.6 Å². The zero-order chi connectivity index (χ0) is 8.97. The first-order valence-electron chi connectivity index (χ1n) is 3.53. The van der Waals surface area contributed by atoms with Crippen LogP contribution in [0.3, 0.4) is 0 Å². The lowest BCUT2D eigenvalue weighted by Gasteiger charge is -2.08. The van der Waals surface area contributed by atoms with E-state index in [1.54, 1.807) is 6.20 Å². The summed E-state index contributed by atoms with van der Waals surface area (Å²) in [5, 5.41) is 17.6. The Bertz CT molecular complexity index is 259. The molecule has 66 valence electrons. The van der Waals surface area contributed by atoms with Gasteiger partial charge in [-0.2, -0.15) is 0 Å². The van der Waals surface area contributed by atoms with Crippen LogP contribution in [0.15, 0.2) is 12.4 Å². The second-order valence-corrected chi connectivity index (χ2v) is 2.39. The third-order valence-electron chi connectivity index (χ3n) is 1.47. The topological polar surface area (TPSA) is 75.4 Å². The van der Waals surface area contributed by atoms with E-state index < -0.39 is 6.10 Å². The normalized spacial score (nSPS) is 12.8. The molecule has 12 heavy (non-hydrogen) atoms. The molecule has 0 aliphatic heterocycles. The Morgan fingerprint density at radius 3 is 3.08 bits per heavy atom. The first-order valence-corrected chi connectivity index (χ1v) is 3.53. The zero-order valence-corrected chi connectivity index (χ0v) is 6.42. The largest absolute Gasteiger partial charge is 0.394 e. The van der Waals surface area contributed by atoms with Gasteiger partial charge in [0.15, 0.2) is 12.1 Å². The number of hydrogen-bond acceptors (Lipinski definition) is 4. The number of aldehydes is 1. The summed E-state index contributed by atoms with van der Waals surface area (Å²) in [5.74, 6) is 0.252. The van der Waals surface area contributed by atoms with Crippen molar-refractivity contribution in [2.75, 3.05) is 6.61 Å². The molecule has 0 aromatic carbocycles. The highest BCUT2D eigenvalue weighted by molar-refractivity contribution is 5.69. The second-order valence-electron chi connectivity index (χ2n) is 2.39. The maximum atomic E-state index is 10.3. The fourth-order valence-corrected chi connectivity index (χ4v) is 0.878. The molecule has 0 fully saturated rings. The van der Waals surface area contributed by atoms with Crippen LogP contribution in [0.25, 0.3) is 0 Å². The SMILES string of the molecule is O=Cc1nccn1CC(O)CO. The highest BCUT2D eigenvalue weighted by Gasteiger charge is 2.06. The van der Waals surface area contributed by atoms with Crippen LogP contribution < -0.4 is 0 Å². The smallest absolute Gasteiger partial charge is 0.185 e. The quantitative estimate of drug-likeness (QED) is 0.571. The number of carbonyl (C=O) groups excluding carboxylic acids is 1. The van der Waals surface area contributed by atoms with Gasteiger partial charge in [-0.05, 0) is 0 Å². The maximum Gasteiger partial charge on any atom is 0.185 e. The Morgan fingerprint density at radius 1 is 1.75 bits per heavy atom. The Labute approximate surface area is 69.3 Å². The van der Waals surface area contributed by atoms with E-state index in [1.165, 1.54) is 10.8 Å². The molecule has 5 heteroatoms. The van der Waals surface area contributed by atoms with Gasteiger partial charge in [-0.1, -0.05) is 0 Å². The maximum absolute atomic E-state index is 10.3. The molecule has 0 spiro atoms. The Morgan fingerprint density at radius 2 is 2.50 bits per heavy atom. The van der Waals surface area contributed by atoms with Crippen LogP contribution >= 0.6 is 0 Å². The molecule has 2 N–H and O–H groups in total. The summed E-state index contributed by atoms with van der Waals surface area (Å²) in [4.78, 5) is 14.1. The van der Waals surface area contributed by atoms with E-state index >= 15 is 0 Å². The number of rotatable bonds is 4. The van der Waals surface area contributed by atoms with E-state index in [0.717, 1.165) is 0 Å². The van der Waals surface area contributed by atoms with Crippen molar-refractivity contribution in [3.8, 4) is 0 Å². The van der Waals surface area contributed by atoms with E-state index in [0.29, 0.717) is 6.29 Å². The fourth-order valence-electron chi connectivity index (χ4n) is 0.878. The molecule has 1 rings (SSSR count). The molecular formula is C7H10N2O3. The number of carbonyl (C=O) groups is 1. The van der Waals surface area contributed by atoms with Crippen molar-refractivity contribution in [3.63, 3.8) is 0 Å². The van der Waals surface area contributed by atoms with Gasteiger partial charge in [-0.15, -0.1) is 0 Å². The average molecular weight is 170 g/mol. The molecule has 0 radical (unpaired) electrons. The van der Waals surface area contributed by atoms with Crippen LogP contribution in [-0.2, 0) is 6.54 Å². The van der Waals surface area contributed by atoms with Crippen molar-refractivity contribution in [2.45, 2.75) is 12.6 Å². The molecule has 1 heterocycles. The summed E-state index contributed by atoms with van der Waals surface area (Å²) < 4.78 is 1.48. The first kappa shape index (κ1) is 8.89. The lowest BCUT2D eigenvalue weighted by molar-refractivity contribution is 0.0801. The van der Waals surface area contributed by atoms with Crippen molar-refractivity contribution in [1.82, 2.24) is 9.55 Å². The Balaban J connectivity index is 2.67. The predicted octanol–water partition coefficient (Wildman–Crippen LogP) is -0.951. The van der Waals surface area contributed by atoms with Crippen LogP contribution in [0.4, 0.5) is 0 Å². The molecule has 1 atom stereocenters. The summed E-state index contributed by atoms with van der Waals surface area (Å²) in [5.41, 5.74) is 0. The van der Waals surface area contributed by atoms with Gasteiger partial charge in [-0.25, -0.2) is 4.98 Å². The molecule has 1 aromatic rings. The van der Waals surface area contributed by atoms with Gasteiger partial charge >= 0.3 is 0 Å². The number of aliphatic hydroxyl groups is 2. The number of nitrogens with zero attached hydrogens (tertiary/aromatic N) is 2. The van der Waals surface area contributed by atoms with Gasteiger partial charge in [0, 0.05) is 12.4 Å². The van der Waals surface area contributed by atoms with Gasteiger partial charge in [0.2, 0.25) is 0 Å². The van der Waals surface area contributed by atoms with Crippen molar-refractivity contribution in [1.29, 1.82) is 0 Å². The summed E-state index contributed by atoms with van der Waals surface area (Å²) >= 11 is 0. The molecular weight excluding hydrogens is 160 g/mol. The molecule has 0 bridgehead atoms. The summed E-state index contributed by atoms with van der Waals surface area (Å²) in [6.07, 6.45) is 2.79. The van der Waals surface area contributed by atoms with Crippen molar-refractivity contribution in [2.24, 2.45) is 0 Å². The molecule has 0 aliphatic carbocycles. The zero-order valence-electron chi connectivity index (χ0n) is 6.42. The van der Waals surface area contributed by atoms with Crippen LogP contribution in [0.5, 0.6) is 0 Å². The number of imidazole rings is 1. The highest BCUT2D eigenvalue weighted by atomic mass is 16.3. The predicted molar refractivity (Wildman–Crippen MR) is 40.7 cm³/mol. The fraction of sp³-hybridized carbons (Fsp3) is 0.429. The monoisotopic (exact) mass is 170 g/mol. The van der Waals surface area contributed by atoms with Gasteiger partial charge in [0.1, 0.15) is 0 Å². The minimum Gasteiger partial charge on any atom is -0.394 e. The van der Waals surface area contributed by atoms with Crippen molar-refractivity contribution < 1.29 is 15.0 Å². The summed E-state index contributed by atoms with van der Waals surface area (Å²) in [6.45, 7) is -0.138. The average Bonchev–Trinajstić information content (AvgIpc) is 2.51. The molecule has 0 saturated heterocycles. The van der Waals surface area contributed by atoms with E-state index in [2.05, 4.69) is 4.98 Å². The van der Waals surface area contributed by atoms with Crippen LogP contribution in [0, 0.1) is 0 Å². The molecule has 5 nitrogen and oxygen atoms in total. The lowest BCUT2D eigenvalue weighted by atomic mass is 10.4. The van der Waals surface area contributed by atoms with Crippen LogP contribution in [-0.4, -0.2) is 38.8 Å². The van der Waals surface area contributed by atoms with Crippen LogP contribution in [0.2, 0.25) is 0 Å². The number of aliphatic hydroxyl groups excluding tert-OH is 2. The first-order chi connectivity index (χ1) is 5.77. The molecule has 0 saturated carbocycles. The molecule has 0 aliphatic rings. The van der Waals surface area contributed by atoms with Gasteiger partial charge in [0.05, 0.1) is 19.3 Å². The number of hydrogen-bond donors (Lipinski definition) is 2. The summed E-state index contributed by atoms with van der Waals surface area (Å²) in [7, 11) is 0. The lowest BCUT2D eigenvalue weighted by Crippen LogP contribution is -2.20. The van der Waals surface area contributed by atoms with Crippen molar-refractivity contribution in [3.05, 3.63) is 18.2 Å². The molecule has 1 aromatic heterocycles. The standard InChI is InChI=1S/C7H10N2O3/c10-4-6(12)3-9-2-1-8-7(9)5-11/h1-2,5-6,10,12H,3-4H2. The number of aromatic nitrogens is 2. The van der Waals surface area contributed by atoms with Crippen molar-refractivity contribution >= 4 is 6.29 Å². The minimum absolute atomic E-state index is 0.185. The van der Waals surface area contributed by atoms with Gasteiger partial charge in [0.25, 0.3) is 0 Å². The third kappa shape index (κ3) is 1.90. The molecule has 0 amide bonds. The Kier molecular flexibility index (Phi) is 2.95. The van der Waals surface area contributed by atoms with E-state index in [9.17, 15) is 4.79 Å². The van der Waals surface area contributed by atoms with Gasteiger partial charge < -0.3 is 14.8 Å². The Hall–Kier alpha value is -1.20. The third-order valence-corrected chi connectivity index (χ3v) is 1.47. The van der Waals surface area contributed by atoms with E-state index in [1.807, 2.05) is 0 Å². The highest BCUT2D eigenvalue weighted by Crippen LogP contribution is 1.96.